The quantitative estimate of drug-likeness (QED) is 0.546. The van der Waals surface area contributed by atoms with Gasteiger partial charge in [0.1, 0.15) is 11.5 Å². The highest BCUT2D eigenvalue weighted by Crippen LogP contribution is 2.38. The molecule has 0 aliphatic carbocycles. The maximum atomic E-state index is 12.9. The number of carbonyl (C=O) groups is 1. The number of benzene rings is 2. The first-order chi connectivity index (χ1) is 13.4. The maximum absolute atomic E-state index is 12.9. The highest BCUT2D eigenvalue weighted by Gasteiger charge is 2.33. The molecule has 146 valence electrons. The van der Waals surface area contributed by atoms with E-state index < -0.39 is 0 Å². The molecule has 8 heteroatoms. The van der Waals surface area contributed by atoms with Crippen molar-refractivity contribution in [3.8, 4) is 11.5 Å². The van der Waals surface area contributed by atoms with Gasteiger partial charge in [-0.3, -0.25) is 9.69 Å². The number of thioether (sulfide) groups is 1. The summed E-state index contributed by atoms with van der Waals surface area (Å²) < 4.78 is 5.88. The van der Waals surface area contributed by atoms with Gasteiger partial charge in [0.25, 0.3) is 5.91 Å². The molecule has 0 saturated carbocycles. The minimum Gasteiger partial charge on any atom is -0.506 e. The normalized spacial score (nSPS) is 17.0. The molecule has 28 heavy (non-hydrogen) atoms. The Kier molecular flexibility index (Phi) is 6.69. The SMILES string of the molecule is CCCN1C(=O)C(=Cc2cc(Br)cc(Cl)c2O)SC1=Nc1ccc(OC)cc1. The van der Waals surface area contributed by atoms with Gasteiger partial charge < -0.3 is 9.84 Å². The minimum atomic E-state index is -0.144. The molecule has 1 heterocycles. The Hall–Kier alpha value is -1.96. The number of amides is 1. The first-order valence-electron chi connectivity index (χ1n) is 8.55. The summed E-state index contributed by atoms with van der Waals surface area (Å²) in [5.41, 5.74) is 1.20. The zero-order valence-electron chi connectivity index (χ0n) is 15.3. The van der Waals surface area contributed by atoms with Crippen LogP contribution in [0.4, 0.5) is 5.69 Å². The number of hydrogen-bond acceptors (Lipinski definition) is 5. The first kappa shape index (κ1) is 20.8. The molecule has 2 aromatic carbocycles. The van der Waals surface area contributed by atoms with Gasteiger partial charge in [0.05, 0.1) is 22.7 Å². The van der Waals surface area contributed by atoms with E-state index in [9.17, 15) is 9.90 Å². The molecule has 1 fully saturated rings. The van der Waals surface area contributed by atoms with Crippen LogP contribution in [0.3, 0.4) is 0 Å². The molecule has 0 spiro atoms. The van der Waals surface area contributed by atoms with Crippen molar-refractivity contribution in [2.75, 3.05) is 13.7 Å². The van der Waals surface area contributed by atoms with Crippen molar-refractivity contribution in [2.24, 2.45) is 4.99 Å². The number of halogens is 2. The van der Waals surface area contributed by atoms with Gasteiger partial charge in [-0.1, -0.05) is 34.5 Å². The predicted octanol–water partition coefficient (Wildman–Crippen LogP) is 5.83. The molecule has 1 N–H and O–H groups in total. The van der Waals surface area contributed by atoms with Crippen LogP contribution in [0.25, 0.3) is 6.08 Å². The zero-order chi connectivity index (χ0) is 20.3. The van der Waals surface area contributed by atoms with Gasteiger partial charge in [-0.25, -0.2) is 4.99 Å². The number of phenolic OH excluding ortho intramolecular Hbond substituents is 1. The van der Waals surface area contributed by atoms with E-state index in [0.29, 0.717) is 22.2 Å². The van der Waals surface area contributed by atoms with Crippen LogP contribution < -0.4 is 4.74 Å². The summed E-state index contributed by atoms with van der Waals surface area (Å²) in [7, 11) is 1.61. The van der Waals surface area contributed by atoms with E-state index in [1.807, 2.05) is 31.2 Å². The highest BCUT2D eigenvalue weighted by molar-refractivity contribution is 9.10. The number of nitrogens with zero attached hydrogens (tertiary/aromatic N) is 2. The van der Waals surface area contributed by atoms with Crippen molar-refractivity contribution in [3.05, 3.63) is 56.4 Å². The zero-order valence-corrected chi connectivity index (χ0v) is 18.4. The van der Waals surface area contributed by atoms with Gasteiger partial charge in [-0.15, -0.1) is 0 Å². The van der Waals surface area contributed by atoms with Crippen LogP contribution in [-0.4, -0.2) is 34.7 Å². The molecule has 2 aromatic rings. The molecule has 1 saturated heterocycles. The number of ether oxygens (including phenoxy) is 1. The summed E-state index contributed by atoms with van der Waals surface area (Å²) in [6.45, 7) is 2.56. The second-order valence-electron chi connectivity index (χ2n) is 5.99. The largest absolute Gasteiger partial charge is 0.506 e. The topological polar surface area (TPSA) is 62.1 Å². The van der Waals surface area contributed by atoms with E-state index in [1.54, 1.807) is 30.2 Å². The van der Waals surface area contributed by atoms with E-state index in [1.165, 1.54) is 11.8 Å². The molecular weight excluding hydrogens is 464 g/mol. The Morgan fingerprint density at radius 3 is 2.68 bits per heavy atom. The fourth-order valence-corrected chi connectivity index (χ4v) is 4.47. The molecule has 1 amide bonds. The van der Waals surface area contributed by atoms with Crippen LogP contribution in [0, 0.1) is 0 Å². The van der Waals surface area contributed by atoms with Crippen LogP contribution in [0.5, 0.6) is 11.5 Å². The number of phenols is 1. The average Bonchev–Trinajstić information content (AvgIpc) is 2.95. The predicted molar refractivity (Wildman–Crippen MR) is 118 cm³/mol. The number of hydrogen-bond donors (Lipinski definition) is 1. The molecule has 1 aliphatic heterocycles. The second-order valence-corrected chi connectivity index (χ2v) is 8.32. The Labute approximate surface area is 181 Å². The fraction of sp³-hybridized carbons (Fsp3) is 0.200. The summed E-state index contributed by atoms with van der Waals surface area (Å²) in [5.74, 6) is 0.537. The van der Waals surface area contributed by atoms with Gasteiger partial charge >= 0.3 is 0 Å². The molecule has 1 aliphatic rings. The van der Waals surface area contributed by atoms with Crippen LogP contribution in [0.1, 0.15) is 18.9 Å². The standard InChI is InChI=1S/C20H18BrClN2O3S/c1-3-8-24-19(26)17(10-12-9-13(21)11-16(22)18(12)25)28-20(24)23-14-4-6-15(27-2)7-5-14/h4-7,9-11,25H,3,8H2,1-2H3. The lowest BCUT2D eigenvalue weighted by Crippen LogP contribution is -2.29. The lowest BCUT2D eigenvalue weighted by molar-refractivity contribution is -0.122. The lowest BCUT2D eigenvalue weighted by Gasteiger charge is -2.14. The van der Waals surface area contributed by atoms with Crippen LogP contribution in [0.15, 0.2) is 50.8 Å². The number of amidine groups is 1. The first-order valence-corrected chi connectivity index (χ1v) is 10.5. The Morgan fingerprint density at radius 2 is 2.04 bits per heavy atom. The number of aliphatic imine (C=N–C) groups is 1. The summed E-state index contributed by atoms with van der Waals surface area (Å²) in [5, 5.41) is 11.0. The molecule has 0 aromatic heterocycles. The molecular formula is C20H18BrClN2O3S. The molecule has 0 radical (unpaired) electrons. The van der Waals surface area contributed by atoms with Gasteiger partial charge in [0.15, 0.2) is 5.17 Å². The van der Waals surface area contributed by atoms with E-state index in [0.717, 1.165) is 22.3 Å². The number of carbonyl (C=O) groups excluding carboxylic acids is 1. The molecule has 5 nitrogen and oxygen atoms in total. The number of methoxy groups -OCH3 is 1. The summed E-state index contributed by atoms with van der Waals surface area (Å²) in [6.07, 6.45) is 2.44. The van der Waals surface area contributed by atoms with Crippen molar-refractivity contribution in [3.63, 3.8) is 0 Å². The molecule has 0 bridgehead atoms. The van der Waals surface area contributed by atoms with E-state index in [2.05, 4.69) is 20.9 Å². The number of rotatable bonds is 5. The van der Waals surface area contributed by atoms with Crippen LogP contribution in [0.2, 0.25) is 5.02 Å². The summed E-state index contributed by atoms with van der Waals surface area (Å²) >= 11 is 10.7. The third-order valence-corrected chi connectivity index (χ3v) is 5.73. The summed E-state index contributed by atoms with van der Waals surface area (Å²) in [6, 6.07) is 10.6. The van der Waals surface area contributed by atoms with Crippen molar-refractivity contribution in [1.82, 2.24) is 4.90 Å². The van der Waals surface area contributed by atoms with Gasteiger partial charge in [0.2, 0.25) is 0 Å². The summed E-state index contributed by atoms with van der Waals surface area (Å²) in [4.78, 5) is 19.6. The van der Waals surface area contributed by atoms with Crippen molar-refractivity contribution < 1.29 is 14.6 Å². The molecule has 0 atom stereocenters. The van der Waals surface area contributed by atoms with Gasteiger partial charge in [-0.2, -0.15) is 0 Å². The Bertz CT molecular complexity index is 961. The van der Waals surface area contributed by atoms with Gasteiger partial charge in [0, 0.05) is 16.6 Å². The highest BCUT2D eigenvalue weighted by atomic mass is 79.9. The maximum Gasteiger partial charge on any atom is 0.266 e. The molecule has 3 rings (SSSR count). The van der Waals surface area contributed by atoms with E-state index in [-0.39, 0.29) is 16.7 Å². The smallest absolute Gasteiger partial charge is 0.266 e. The van der Waals surface area contributed by atoms with E-state index in [4.69, 9.17) is 16.3 Å². The fourth-order valence-electron chi connectivity index (χ4n) is 2.62. The monoisotopic (exact) mass is 480 g/mol. The van der Waals surface area contributed by atoms with Crippen molar-refractivity contribution >= 4 is 62.1 Å². The second kappa shape index (κ2) is 9.03. The van der Waals surface area contributed by atoms with Crippen LogP contribution in [-0.2, 0) is 4.79 Å². The van der Waals surface area contributed by atoms with E-state index >= 15 is 0 Å². The lowest BCUT2D eigenvalue weighted by atomic mass is 10.2. The third-order valence-electron chi connectivity index (χ3n) is 3.98. The van der Waals surface area contributed by atoms with Crippen molar-refractivity contribution in [1.29, 1.82) is 0 Å². The number of aromatic hydroxyl groups is 1. The van der Waals surface area contributed by atoms with Crippen molar-refractivity contribution in [2.45, 2.75) is 13.3 Å². The average molecular weight is 482 g/mol. The third kappa shape index (κ3) is 4.54. The molecule has 0 unspecified atom stereocenters. The minimum absolute atomic E-state index is 0.0617. The van der Waals surface area contributed by atoms with Crippen LogP contribution >= 0.6 is 39.3 Å². The van der Waals surface area contributed by atoms with Gasteiger partial charge in [-0.05, 0) is 60.7 Å². The Morgan fingerprint density at radius 1 is 1.32 bits per heavy atom. The Balaban J connectivity index is 1.97.